The van der Waals surface area contributed by atoms with E-state index in [4.69, 9.17) is 4.74 Å². The summed E-state index contributed by atoms with van der Waals surface area (Å²) in [6.45, 7) is 2.14. The summed E-state index contributed by atoms with van der Waals surface area (Å²) in [5.41, 5.74) is -0.172. The van der Waals surface area contributed by atoms with Gasteiger partial charge in [-0.25, -0.2) is 4.39 Å². The minimum absolute atomic E-state index is 0.0201. The van der Waals surface area contributed by atoms with E-state index in [1.807, 2.05) is 0 Å². The maximum absolute atomic E-state index is 14.1. The molecule has 0 aliphatic carbocycles. The Balaban J connectivity index is 2.20. The molecule has 2 rings (SSSR count). The average Bonchev–Trinajstić information content (AvgIpc) is 2.97. The van der Waals surface area contributed by atoms with Crippen LogP contribution in [-0.2, 0) is 10.9 Å². The summed E-state index contributed by atoms with van der Waals surface area (Å²) in [5, 5.41) is 3.17. The average molecular weight is 346 g/mol. The molecule has 1 atom stereocenters. The van der Waals surface area contributed by atoms with Crippen molar-refractivity contribution >= 4 is 5.78 Å². The number of carbonyl (C=O) groups excluding carboxylic acids is 1. The van der Waals surface area contributed by atoms with Crippen molar-refractivity contribution in [2.45, 2.75) is 19.5 Å². The molecule has 1 unspecified atom stereocenters. The fourth-order valence-electron chi connectivity index (χ4n) is 2.11. The fourth-order valence-corrected chi connectivity index (χ4v) is 2.11. The van der Waals surface area contributed by atoms with Crippen molar-refractivity contribution < 1.29 is 31.6 Å². The topological polar surface area (TPSA) is 65.2 Å². The molecule has 0 saturated heterocycles. The molecule has 130 valence electrons. The second-order valence-electron chi connectivity index (χ2n) is 5.30. The maximum Gasteiger partial charge on any atom is 0.471 e. The van der Waals surface area contributed by atoms with Crippen LogP contribution in [-0.4, -0.2) is 29.6 Å². The first kappa shape index (κ1) is 18.1. The molecular formula is C15H14F4N2O3. The van der Waals surface area contributed by atoms with Crippen LogP contribution in [0.15, 0.2) is 22.7 Å². The second-order valence-corrected chi connectivity index (χ2v) is 5.30. The first-order valence-electron chi connectivity index (χ1n) is 6.95. The van der Waals surface area contributed by atoms with E-state index >= 15 is 0 Å². The van der Waals surface area contributed by atoms with Gasteiger partial charge in [0.2, 0.25) is 5.82 Å². The van der Waals surface area contributed by atoms with Crippen LogP contribution in [0.2, 0.25) is 0 Å². The smallest absolute Gasteiger partial charge is 0.384 e. The van der Waals surface area contributed by atoms with Gasteiger partial charge in [0.05, 0.1) is 5.56 Å². The number of carbonyl (C=O) groups is 1. The number of hydrogen-bond acceptors (Lipinski definition) is 5. The van der Waals surface area contributed by atoms with Crippen molar-refractivity contribution in [1.82, 2.24) is 10.1 Å². The summed E-state index contributed by atoms with van der Waals surface area (Å²) >= 11 is 0. The predicted octanol–water partition coefficient (Wildman–Crippen LogP) is 3.75. The van der Waals surface area contributed by atoms with E-state index in [1.54, 1.807) is 6.92 Å². The van der Waals surface area contributed by atoms with Gasteiger partial charge in [-0.3, -0.25) is 4.79 Å². The molecule has 1 aromatic carbocycles. The van der Waals surface area contributed by atoms with Gasteiger partial charge in [0.1, 0.15) is 5.82 Å². The van der Waals surface area contributed by atoms with Crippen molar-refractivity contribution in [3.8, 4) is 11.4 Å². The van der Waals surface area contributed by atoms with E-state index in [2.05, 4.69) is 14.7 Å². The molecule has 9 heteroatoms. The molecule has 0 fully saturated rings. The number of benzene rings is 1. The molecule has 0 aliphatic rings. The third-order valence-electron chi connectivity index (χ3n) is 3.18. The number of methoxy groups -OCH3 is 1. The number of Topliss-reactive ketones (excluding diaryl/α,β-unsaturated/α-hetero) is 1. The van der Waals surface area contributed by atoms with Crippen LogP contribution in [0, 0.1) is 11.7 Å². The molecule has 1 aromatic heterocycles. The van der Waals surface area contributed by atoms with E-state index in [0.717, 1.165) is 6.07 Å². The molecule has 1 heterocycles. The van der Waals surface area contributed by atoms with Crippen LogP contribution >= 0.6 is 0 Å². The Morgan fingerprint density at radius 2 is 2.08 bits per heavy atom. The fraction of sp³-hybridized carbons (Fsp3) is 0.400. The lowest BCUT2D eigenvalue weighted by Gasteiger charge is -2.09. The number of rotatable bonds is 6. The molecule has 0 aliphatic heterocycles. The lowest BCUT2D eigenvalue weighted by molar-refractivity contribution is -0.159. The van der Waals surface area contributed by atoms with Gasteiger partial charge in [0, 0.05) is 25.7 Å². The van der Waals surface area contributed by atoms with E-state index in [9.17, 15) is 22.4 Å². The largest absolute Gasteiger partial charge is 0.471 e. The van der Waals surface area contributed by atoms with Crippen LogP contribution in [0.4, 0.5) is 17.6 Å². The highest BCUT2D eigenvalue weighted by molar-refractivity contribution is 5.96. The highest BCUT2D eigenvalue weighted by Gasteiger charge is 2.38. The van der Waals surface area contributed by atoms with Crippen molar-refractivity contribution in [1.29, 1.82) is 0 Å². The standard InChI is InChI=1S/C15H14F4N2O3/c1-8(7-23-2)5-12(22)10-4-3-9(6-11(10)16)13-20-14(24-21-13)15(17,18)19/h3-4,6,8H,5,7H2,1-2H3. The minimum Gasteiger partial charge on any atom is -0.384 e. The minimum atomic E-state index is -4.78. The van der Waals surface area contributed by atoms with Crippen molar-refractivity contribution in [2.24, 2.45) is 5.92 Å². The Hall–Kier alpha value is -2.29. The Morgan fingerprint density at radius 1 is 1.38 bits per heavy atom. The second kappa shape index (κ2) is 7.08. The number of nitrogens with zero attached hydrogens (tertiary/aromatic N) is 2. The van der Waals surface area contributed by atoms with Crippen LogP contribution in [0.5, 0.6) is 0 Å². The van der Waals surface area contributed by atoms with Crippen molar-refractivity contribution in [3.63, 3.8) is 0 Å². The molecule has 0 radical (unpaired) electrons. The molecule has 2 aromatic rings. The lowest BCUT2D eigenvalue weighted by Crippen LogP contribution is -2.12. The third kappa shape index (κ3) is 4.16. The summed E-state index contributed by atoms with van der Waals surface area (Å²) in [6.07, 6.45) is -4.69. The van der Waals surface area contributed by atoms with Gasteiger partial charge in [-0.1, -0.05) is 18.1 Å². The van der Waals surface area contributed by atoms with Gasteiger partial charge in [0.15, 0.2) is 5.78 Å². The van der Waals surface area contributed by atoms with Crippen LogP contribution in [0.3, 0.4) is 0 Å². The Morgan fingerprint density at radius 3 is 2.62 bits per heavy atom. The molecule has 0 amide bonds. The molecule has 0 bridgehead atoms. The predicted molar refractivity (Wildman–Crippen MR) is 74.7 cm³/mol. The van der Waals surface area contributed by atoms with Crippen LogP contribution in [0.25, 0.3) is 11.4 Å². The first-order chi connectivity index (χ1) is 11.2. The number of ketones is 1. The highest BCUT2D eigenvalue weighted by Crippen LogP contribution is 2.29. The van der Waals surface area contributed by atoms with E-state index < -0.39 is 29.5 Å². The van der Waals surface area contributed by atoms with Crippen molar-refractivity contribution in [3.05, 3.63) is 35.5 Å². The Labute approximate surface area is 134 Å². The number of ether oxygens (including phenoxy) is 1. The molecule has 5 nitrogen and oxygen atoms in total. The number of halogens is 4. The third-order valence-corrected chi connectivity index (χ3v) is 3.18. The van der Waals surface area contributed by atoms with Gasteiger partial charge in [-0.2, -0.15) is 18.2 Å². The zero-order valence-corrected chi connectivity index (χ0v) is 12.9. The quantitative estimate of drug-likeness (QED) is 0.589. The zero-order valence-electron chi connectivity index (χ0n) is 12.9. The first-order valence-corrected chi connectivity index (χ1v) is 6.95. The molecule has 24 heavy (non-hydrogen) atoms. The summed E-state index contributed by atoms with van der Waals surface area (Å²) in [5.74, 6) is -3.30. The van der Waals surface area contributed by atoms with Crippen LogP contribution in [0.1, 0.15) is 29.6 Å². The van der Waals surface area contributed by atoms with Gasteiger partial charge in [-0.15, -0.1) is 0 Å². The highest BCUT2D eigenvalue weighted by atomic mass is 19.4. The maximum atomic E-state index is 14.1. The summed E-state index contributed by atoms with van der Waals surface area (Å²) in [6, 6.07) is 3.36. The molecule has 0 N–H and O–H groups in total. The van der Waals surface area contributed by atoms with Gasteiger partial charge in [-0.05, 0) is 18.1 Å². The van der Waals surface area contributed by atoms with Gasteiger partial charge >= 0.3 is 12.1 Å². The summed E-state index contributed by atoms with van der Waals surface area (Å²) in [4.78, 5) is 15.2. The monoisotopic (exact) mass is 346 g/mol. The van der Waals surface area contributed by atoms with Crippen LogP contribution < -0.4 is 0 Å². The summed E-state index contributed by atoms with van der Waals surface area (Å²) < 4.78 is 60.4. The molecule has 0 spiro atoms. The van der Waals surface area contributed by atoms with Gasteiger partial charge in [0.25, 0.3) is 0 Å². The van der Waals surface area contributed by atoms with E-state index in [1.165, 1.54) is 19.2 Å². The zero-order chi connectivity index (χ0) is 17.9. The summed E-state index contributed by atoms with van der Waals surface area (Å²) in [7, 11) is 1.50. The Bertz CT molecular complexity index is 728. The molecule has 0 saturated carbocycles. The van der Waals surface area contributed by atoms with E-state index in [0.29, 0.717) is 6.61 Å². The SMILES string of the molecule is COCC(C)CC(=O)c1ccc(-c2noc(C(F)(F)F)n2)cc1F. The number of hydrogen-bond donors (Lipinski definition) is 0. The van der Waals surface area contributed by atoms with Crippen molar-refractivity contribution in [2.75, 3.05) is 13.7 Å². The lowest BCUT2D eigenvalue weighted by atomic mass is 9.99. The number of alkyl halides is 3. The van der Waals surface area contributed by atoms with Gasteiger partial charge < -0.3 is 9.26 Å². The molecular weight excluding hydrogens is 332 g/mol. The van der Waals surface area contributed by atoms with E-state index in [-0.39, 0.29) is 23.5 Å². The number of aromatic nitrogens is 2. The Kier molecular flexibility index (Phi) is 5.33. The normalized spacial score (nSPS) is 13.1.